The van der Waals surface area contributed by atoms with Crippen molar-refractivity contribution in [3.63, 3.8) is 0 Å². The Labute approximate surface area is 99.8 Å². The third-order valence-electron chi connectivity index (χ3n) is 3.53. The van der Waals surface area contributed by atoms with Gasteiger partial charge in [0.2, 0.25) is 5.91 Å². The molecule has 1 amide bonds. The summed E-state index contributed by atoms with van der Waals surface area (Å²) < 4.78 is 0. The Morgan fingerprint density at radius 1 is 1.31 bits per heavy atom. The molecule has 1 N–H and O–H groups in total. The molecule has 2 aliphatic heterocycles. The fraction of sp³-hybridized carbons (Fsp3) is 0.462. The Bertz CT molecular complexity index is 418. The van der Waals surface area contributed by atoms with E-state index in [0.717, 1.165) is 25.1 Å². The van der Waals surface area contributed by atoms with E-state index in [0.29, 0.717) is 5.92 Å². The second-order valence-corrected chi connectivity index (χ2v) is 5.62. The zero-order valence-electron chi connectivity index (χ0n) is 9.11. The lowest BCUT2D eigenvalue weighted by Crippen LogP contribution is -2.20. The highest BCUT2D eigenvalue weighted by molar-refractivity contribution is 7.99. The van der Waals surface area contributed by atoms with Gasteiger partial charge in [0, 0.05) is 23.1 Å². The molecule has 3 rings (SSSR count). The highest BCUT2D eigenvalue weighted by Gasteiger charge is 2.31. The molecule has 2 atom stereocenters. The molecule has 84 valence electrons. The van der Waals surface area contributed by atoms with E-state index < -0.39 is 0 Å². The minimum Gasteiger partial charge on any atom is -0.356 e. The zero-order chi connectivity index (χ0) is 11.0. The second-order valence-electron chi connectivity index (χ2n) is 4.56. The minimum absolute atomic E-state index is 0.247. The van der Waals surface area contributed by atoms with Gasteiger partial charge in [-0.25, -0.2) is 0 Å². The molecule has 0 radical (unpaired) electrons. The van der Waals surface area contributed by atoms with Crippen LogP contribution >= 0.6 is 11.8 Å². The van der Waals surface area contributed by atoms with Crippen molar-refractivity contribution in [2.45, 2.75) is 23.7 Å². The first kappa shape index (κ1) is 10.2. The van der Waals surface area contributed by atoms with Crippen LogP contribution in [0.25, 0.3) is 0 Å². The lowest BCUT2D eigenvalue weighted by molar-refractivity contribution is -0.122. The average molecular weight is 233 g/mol. The van der Waals surface area contributed by atoms with Gasteiger partial charge in [-0.2, -0.15) is 0 Å². The van der Waals surface area contributed by atoms with Gasteiger partial charge in [-0.3, -0.25) is 4.79 Å². The summed E-state index contributed by atoms with van der Waals surface area (Å²) in [6.07, 6.45) is 2.04. The number of fused-ring (bicyclic) bond motifs is 1. The SMILES string of the molecule is O=C1NCCC1CC1CSc2ccccc21. The molecule has 0 aromatic heterocycles. The molecule has 2 unspecified atom stereocenters. The molecule has 3 heteroatoms. The van der Waals surface area contributed by atoms with Crippen molar-refractivity contribution in [1.29, 1.82) is 0 Å². The summed E-state index contributed by atoms with van der Waals surface area (Å²) in [6, 6.07) is 8.60. The summed E-state index contributed by atoms with van der Waals surface area (Å²) in [5.74, 6) is 2.23. The van der Waals surface area contributed by atoms with Crippen molar-refractivity contribution >= 4 is 17.7 Å². The van der Waals surface area contributed by atoms with Crippen LogP contribution in [0.15, 0.2) is 29.2 Å². The largest absolute Gasteiger partial charge is 0.356 e. The first-order valence-electron chi connectivity index (χ1n) is 5.84. The van der Waals surface area contributed by atoms with Gasteiger partial charge in [0.15, 0.2) is 0 Å². The molecule has 1 aromatic rings. The molecule has 0 aliphatic carbocycles. The molecule has 2 nitrogen and oxygen atoms in total. The van der Waals surface area contributed by atoms with Gasteiger partial charge in [0.05, 0.1) is 0 Å². The summed E-state index contributed by atoms with van der Waals surface area (Å²) in [5, 5.41) is 2.92. The molecule has 0 bridgehead atoms. The van der Waals surface area contributed by atoms with E-state index in [4.69, 9.17) is 0 Å². The number of rotatable bonds is 2. The second kappa shape index (κ2) is 4.13. The molecule has 1 aromatic carbocycles. The summed E-state index contributed by atoms with van der Waals surface area (Å²) in [6.45, 7) is 0.866. The van der Waals surface area contributed by atoms with E-state index in [9.17, 15) is 4.79 Å². The van der Waals surface area contributed by atoms with Gasteiger partial charge in [-0.15, -0.1) is 11.8 Å². The van der Waals surface area contributed by atoms with Gasteiger partial charge >= 0.3 is 0 Å². The van der Waals surface area contributed by atoms with Crippen LogP contribution in [0.4, 0.5) is 0 Å². The van der Waals surface area contributed by atoms with E-state index in [1.54, 1.807) is 0 Å². The number of nitrogens with one attached hydrogen (secondary N) is 1. The maximum absolute atomic E-state index is 11.6. The number of hydrogen-bond donors (Lipinski definition) is 1. The van der Waals surface area contributed by atoms with Crippen LogP contribution in [0.3, 0.4) is 0 Å². The molecule has 1 fully saturated rings. The van der Waals surface area contributed by atoms with Crippen molar-refractivity contribution in [2.24, 2.45) is 5.92 Å². The van der Waals surface area contributed by atoms with Crippen molar-refractivity contribution in [2.75, 3.05) is 12.3 Å². The number of amides is 1. The summed E-state index contributed by atoms with van der Waals surface area (Å²) in [7, 11) is 0. The van der Waals surface area contributed by atoms with Gasteiger partial charge in [0.1, 0.15) is 0 Å². The summed E-state index contributed by atoms with van der Waals surface area (Å²) in [4.78, 5) is 13.0. The van der Waals surface area contributed by atoms with Crippen molar-refractivity contribution < 1.29 is 4.79 Å². The van der Waals surface area contributed by atoms with Crippen LogP contribution in [0, 0.1) is 5.92 Å². The van der Waals surface area contributed by atoms with Crippen molar-refractivity contribution in [3.05, 3.63) is 29.8 Å². The maximum Gasteiger partial charge on any atom is 0.223 e. The number of hydrogen-bond acceptors (Lipinski definition) is 2. The van der Waals surface area contributed by atoms with Crippen LogP contribution < -0.4 is 5.32 Å². The first-order chi connectivity index (χ1) is 7.84. The van der Waals surface area contributed by atoms with Crippen molar-refractivity contribution in [1.82, 2.24) is 5.32 Å². The third-order valence-corrected chi connectivity index (χ3v) is 4.78. The zero-order valence-corrected chi connectivity index (χ0v) is 9.93. The first-order valence-corrected chi connectivity index (χ1v) is 6.82. The number of thioether (sulfide) groups is 1. The molecule has 1 saturated heterocycles. The van der Waals surface area contributed by atoms with Crippen LogP contribution in [0.1, 0.15) is 24.3 Å². The van der Waals surface area contributed by atoms with Crippen LogP contribution in [-0.2, 0) is 4.79 Å². The molecule has 0 spiro atoms. The van der Waals surface area contributed by atoms with Gasteiger partial charge in [-0.1, -0.05) is 18.2 Å². The average Bonchev–Trinajstić information content (AvgIpc) is 2.88. The maximum atomic E-state index is 11.6. The summed E-state index contributed by atoms with van der Waals surface area (Å²) in [5.41, 5.74) is 1.45. The monoisotopic (exact) mass is 233 g/mol. The standard InChI is InChI=1S/C13H15NOS/c15-13-9(5-6-14-13)7-10-8-16-12-4-2-1-3-11(10)12/h1-4,9-10H,5-8H2,(H,14,15). The fourth-order valence-electron chi connectivity index (χ4n) is 2.64. The van der Waals surface area contributed by atoms with Crippen LogP contribution in [0.2, 0.25) is 0 Å². The lowest BCUT2D eigenvalue weighted by Gasteiger charge is -2.13. The van der Waals surface area contributed by atoms with Crippen LogP contribution in [-0.4, -0.2) is 18.2 Å². The van der Waals surface area contributed by atoms with E-state index in [1.807, 2.05) is 11.8 Å². The Morgan fingerprint density at radius 3 is 3.00 bits per heavy atom. The van der Waals surface area contributed by atoms with Gasteiger partial charge < -0.3 is 5.32 Å². The van der Waals surface area contributed by atoms with E-state index in [-0.39, 0.29) is 11.8 Å². The third kappa shape index (κ3) is 1.73. The number of carbonyl (C=O) groups is 1. The smallest absolute Gasteiger partial charge is 0.223 e. The number of carbonyl (C=O) groups excluding carboxylic acids is 1. The fourth-order valence-corrected chi connectivity index (χ4v) is 3.91. The Hall–Kier alpha value is -0.960. The molecular weight excluding hydrogens is 218 g/mol. The Kier molecular flexibility index (Phi) is 2.64. The number of benzene rings is 1. The molecular formula is C13H15NOS. The van der Waals surface area contributed by atoms with Gasteiger partial charge in [0.25, 0.3) is 0 Å². The molecule has 16 heavy (non-hydrogen) atoms. The predicted octanol–water partition coefficient (Wildman–Crippen LogP) is 2.40. The van der Waals surface area contributed by atoms with Gasteiger partial charge in [-0.05, 0) is 30.4 Å². The highest BCUT2D eigenvalue weighted by Crippen LogP contribution is 2.42. The predicted molar refractivity (Wildman–Crippen MR) is 65.6 cm³/mol. The van der Waals surface area contributed by atoms with Crippen molar-refractivity contribution in [3.8, 4) is 0 Å². The molecule has 0 saturated carbocycles. The van der Waals surface area contributed by atoms with E-state index >= 15 is 0 Å². The molecule has 2 heterocycles. The highest BCUT2D eigenvalue weighted by atomic mass is 32.2. The topological polar surface area (TPSA) is 29.1 Å². The lowest BCUT2D eigenvalue weighted by atomic mass is 9.89. The molecule has 2 aliphatic rings. The van der Waals surface area contributed by atoms with E-state index in [2.05, 4.69) is 29.6 Å². The minimum atomic E-state index is 0.247. The summed E-state index contributed by atoms with van der Waals surface area (Å²) >= 11 is 1.93. The Balaban J connectivity index is 1.75. The Morgan fingerprint density at radius 2 is 2.19 bits per heavy atom. The van der Waals surface area contributed by atoms with Crippen LogP contribution in [0.5, 0.6) is 0 Å². The van der Waals surface area contributed by atoms with E-state index in [1.165, 1.54) is 10.5 Å². The normalized spacial score (nSPS) is 27.9. The quantitative estimate of drug-likeness (QED) is 0.850.